The van der Waals surface area contributed by atoms with Crippen LogP contribution in [-0.4, -0.2) is 9.55 Å². The molecule has 126 valence electrons. The highest BCUT2D eigenvalue weighted by Crippen LogP contribution is 2.36. The molecule has 2 heterocycles. The molecule has 4 rings (SSSR count). The molecule has 0 aliphatic heterocycles. The van der Waals surface area contributed by atoms with Gasteiger partial charge in [0, 0.05) is 35.2 Å². The molecule has 0 fully saturated rings. The van der Waals surface area contributed by atoms with E-state index in [0.717, 1.165) is 17.0 Å². The summed E-state index contributed by atoms with van der Waals surface area (Å²) in [5.74, 6) is 0.168. The maximum Gasteiger partial charge on any atom is 0.417 e. The van der Waals surface area contributed by atoms with E-state index in [-0.39, 0.29) is 11.2 Å². The van der Waals surface area contributed by atoms with Gasteiger partial charge in [0.1, 0.15) is 5.82 Å². The van der Waals surface area contributed by atoms with Gasteiger partial charge in [0.2, 0.25) is 0 Å². The van der Waals surface area contributed by atoms with E-state index in [1.807, 2.05) is 42.1 Å². The third-order valence-electron chi connectivity index (χ3n) is 4.18. The van der Waals surface area contributed by atoms with Gasteiger partial charge in [-0.15, -0.1) is 0 Å². The van der Waals surface area contributed by atoms with E-state index in [0.29, 0.717) is 11.2 Å². The fourth-order valence-electron chi connectivity index (χ4n) is 2.98. The molecule has 0 atom stereocenters. The number of rotatable bonds is 2. The number of alkyl halides is 3. The predicted molar refractivity (Wildman–Crippen MR) is 92.9 cm³/mol. The molecule has 3 nitrogen and oxygen atoms in total. The largest absolute Gasteiger partial charge is 0.417 e. The molecular weight excluding hydrogens is 327 g/mol. The van der Waals surface area contributed by atoms with Crippen molar-refractivity contribution in [1.29, 1.82) is 0 Å². The Kier molecular flexibility index (Phi) is 3.42. The lowest BCUT2D eigenvalue weighted by molar-refractivity contribution is -0.136. The maximum absolute atomic E-state index is 13.4. The van der Waals surface area contributed by atoms with Gasteiger partial charge in [-0.05, 0) is 36.4 Å². The molecular formula is C19H14F3N3. The van der Waals surface area contributed by atoms with Gasteiger partial charge in [0.15, 0.2) is 0 Å². The van der Waals surface area contributed by atoms with Crippen LogP contribution in [0.3, 0.4) is 0 Å². The Morgan fingerprint density at radius 3 is 2.60 bits per heavy atom. The minimum atomic E-state index is -4.44. The monoisotopic (exact) mass is 341 g/mol. The lowest BCUT2D eigenvalue weighted by atomic mass is 10.1. The fourth-order valence-corrected chi connectivity index (χ4v) is 2.98. The number of hydrogen-bond donors (Lipinski definition) is 1. The second-order valence-electron chi connectivity index (χ2n) is 5.90. The molecule has 0 unspecified atom stereocenters. The van der Waals surface area contributed by atoms with Gasteiger partial charge in [-0.25, -0.2) is 4.98 Å². The second-order valence-corrected chi connectivity index (χ2v) is 5.90. The Morgan fingerprint density at radius 1 is 1.00 bits per heavy atom. The number of aryl methyl sites for hydroxylation is 1. The maximum atomic E-state index is 13.4. The Labute approximate surface area is 141 Å². The molecule has 0 aliphatic carbocycles. The van der Waals surface area contributed by atoms with E-state index in [1.165, 1.54) is 6.07 Å². The predicted octanol–water partition coefficient (Wildman–Crippen LogP) is 5.49. The molecule has 4 aromatic rings. The molecule has 0 saturated carbocycles. The number of aromatic nitrogens is 2. The number of fused-ring (bicyclic) bond motifs is 2. The highest BCUT2D eigenvalue weighted by Gasteiger charge is 2.33. The first-order valence-electron chi connectivity index (χ1n) is 7.71. The fraction of sp³-hybridized carbons (Fsp3) is 0.105. The number of anilines is 2. The number of nitrogens with one attached hydrogen (secondary N) is 1. The SMILES string of the molecule is Cn1ccc2cc(Nc3cc(C(F)(F)F)c4ccccc4n3)ccc21. The molecule has 1 N–H and O–H groups in total. The number of nitrogens with zero attached hydrogens (tertiary/aromatic N) is 2. The molecule has 25 heavy (non-hydrogen) atoms. The second kappa shape index (κ2) is 5.51. The van der Waals surface area contributed by atoms with Gasteiger partial charge in [0.25, 0.3) is 0 Å². The summed E-state index contributed by atoms with van der Waals surface area (Å²) in [5.41, 5.74) is 1.35. The quantitative estimate of drug-likeness (QED) is 0.522. The summed E-state index contributed by atoms with van der Waals surface area (Å²) < 4.78 is 42.1. The number of halogens is 3. The van der Waals surface area contributed by atoms with Crippen LogP contribution in [0.5, 0.6) is 0 Å². The summed E-state index contributed by atoms with van der Waals surface area (Å²) >= 11 is 0. The van der Waals surface area contributed by atoms with E-state index in [4.69, 9.17) is 0 Å². The highest BCUT2D eigenvalue weighted by molar-refractivity contribution is 5.87. The molecule has 0 radical (unpaired) electrons. The molecule has 2 aromatic carbocycles. The van der Waals surface area contributed by atoms with Gasteiger partial charge in [-0.3, -0.25) is 0 Å². The summed E-state index contributed by atoms with van der Waals surface area (Å²) in [4.78, 5) is 4.31. The zero-order chi connectivity index (χ0) is 17.6. The Balaban J connectivity index is 1.80. The summed E-state index contributed by atoms with van der Waals surface area (Å²) in [7, 11) is 1.94. The van der Waals surface area contributed by atoms with E-state index in [1.54, 1.807) is 18.2 Å². The van der Waals surface area contributed by atoms with Gasteiger partial charge in [0.05, 0.1) is 11.1 Å². The van der Waals surface area contributed by atoms with Gasteiger partial charge < -0.3 is 9.88 Å². The van der Waals surface area contributed by atoms with Crippen molar-refractivity contribution in [2.45, 2.75) is 6.18 Å². The average molecular weight is 341 g/mol. The van der Waals surface area contributed by atoms with Gasteiger partial charge in [-0.2, -0.15) is 13.2 Å². The third kappa shape index (κ3) is 2.80. The van der Waals surface area contributed by atoms with E-state index in [9.17, 15) is 13.2 Å². The van der Waals surface area contributed by atoms with Crippen molar-refractivity contribution in [1.82, 2.24) is 9.55 Å². The zero-order valence-electron chi connectivity index (χ0n) is 13.3. The first-order chi connectivity index (χ1) is 11.9. The summed E-state index contributed by atoms with van der Waals surface area (Å²) in [6.07, 6.45) is -2.51. The molecule has 0 spiro atoms. The Bertz CT molecular complexity index is 1080. The molecule has 0 saturated heterocycles. The highest BCUT2D eigenvalue weighted by atomic mass is 19.4. The van der Waals surface area contributed by atoms with Crippen LogP contribution in [0.15, 0.2) is 60.8 Å². The molecule has 0 bridgehead atoms. The molecule has 2 aromatic heterocycles. The Morgan fingerprint density at radius 2 is 1.80 bits per heavy atom. The first-order valence-corrected chi connectivity index (χ1v) is 7.71. The topological polar surface area (TPSA) is 29.9 Å². The lowest BCUT2D eigenvalue weighted by Gasteiger charge is -2.13. The van der Waals surface area contributed by atoms with Crippen molar-refractivity contribution in [2.75, 3.05) is 5.32 Å². The van der Waals surface area contributed by atoms with E-state index in [2.05, 4.69) is 10.3 Å². The number of para-hydroxylation sites is 1. The van der Waals surface area contributed by atoms with Crippen molar-refractivity contribution in [2.24, 2.45) is 7.05 Å². The van der Waals surface area contributed by atoms with Crippen LogP contribution >= 0.6 is 0 Å². The van der Waals surface area contributed by atoms with Crippen LogP contribution in [0.4, 0.5) is 24.7 Å². The standard InChI is InChI=1S/C19H14F3N3/c1-25-9-8-12-10-13(6-7-17(12)25)23-18-11-15(19(20,21)22)14-4-2-3-5-16(14)24-18/h2-11H,1H3,(H,23,24). The molecule has 0 aliphatic rings. The minimum absolute atomic E-state index is 0.0964. The van der Waals surface area contributed by atoms with E-state index >= 15 is 0 Å². The van der Waals surface area contributed by atoms with Gasteiger partial charge in [-0.1, -0.05) is 18.2 Å². The smallest absolute Gasteiger partial charge is 0.351 e. The van der Waals surface area contributed by atoms with Crippen LogP contribution in [0.1, 0.15) is 5.56 Å². The molecule has 6 heteroatoms. The number of pyridine rings is 1. The van der Waals surface area contributed by atoms with Crippen LogP contribution < -0.4 is 5.32 Å². The Hall–Kier alpha value is -3.02. The van der Waals surface area contributed by atoms with Crippen molar-refractivity contribution in [3.63, 3.8) is 0 Å². The normalized spacial score (nSPS) is 12.0. The number of hydrogen-bond acceptors (Lipinski definition) is 2. The molecule has 0 amide bonds. The van der Waals surface area contributed by atoms with Crippen molar-refractivity contribution in [3.05, 3.63) is 66.4 Å². The zero-order valence-corrected chi connectivity index (χ0v) is 13.3. The van der Waals surface area contributed by atoms with E-state index < -0.39 is 11.7 Å². The summed E-state index contributed by atoms with van der Waals surface area (Å²) in [5, 5.41) is 4.09. The van der Waals surface area contributed by atoms with Crippen molar-refractivity contribution in [3.8, 4) is 0 Å². The van der Waals surface area contributed by atoms with Crippen molar-refractivity contribution < 1.29 is 13.2 Å². The van der Waals surface area contributed by atoms with Crippen LogP contribution in [-0.2, 0) is 13.2 Å². The summed E-state index contributed by atoms with van der Waals surface area (Å²) in [6, 6.07) is 14.9. The van der Waals surface area contributed by atoms with Crippen LogP contribution in [0, 0.1) is 0 Å². The van der Waals surface area contributed by atoms with Crippen LogP contribution in [0.25, 0.3) is 21.8 Å². The summed E-state index contributed by atoms with van der Waals surface area (Å²) in [6.45, 7) is 0. The van der Waals surface area contributed by atoms with Crippen LogP contribution in [0.2, 0.25) is 0 Å². The lowest BCUT2D eigenvalue weighted by Crippen LogP contribution is -2.08. The minimum Gasteiger partial charge on any atom is -0.351 e. The number of benzene rings is 2. The van der Waals surface area contributed by atoms with Crippen molar-refractivity contribution >= 4 is 33.3 Å². The average Bonchev–Trinajstić information content (AvgIpc) is 2.94. The van der Waals surface area contributed by atoms with Gasteiger partial charge >= 0.3 is 6.18 Å². The first kappa shape index (κ1) is 15.5. The third-order valence-corrected chi connectivity index (χ3v) is 4.18.